The summed E-state index contributed by atoms with van der Waals surface area (Å²) in [6.45, 7) is 0. The second-order valence-corrected chi connectivity index (χ2v) is 16.1. The summed E-state index contributed by atoms with van der Waals surface area (Å²) in [7, 11) is 0. The summed E-state index contributed by atoms with van der Waals surface area (Å²) in [6.07, 6.45) is 0. The van der Waals surface area contributed by atoms with E-state index in [9.17, 15) is 0 Å². The molecule has 2 atom stereocenters. The summed E-state index contributed by atoms with van der Waals surface area (Å²) < 4.78 is 9.18. The number of aliphatic imine (C=N–C) groups is 1. The number of halogens is 1. The fraction of sp³-hybridized carbons (Fsp3) is 0.0392. The molecule has 1 aliphatic rings. The number of hydrogen-bond donors (Lipinski definition) is 0. The zero-order valence-corrected chi connectivity index (χ0v) is 31.7. The molecule has 0 saturated heterocycles. The highest BCUT2D eigenvalue weighted by atomic mass is 127. The minimum atomic E-state index is 0.0283. The predicted molar refractivity (Wildman–Crippen MR) is 240 cm³/mol. The van der Waals surface area contributed by atoms with Crippen molar-refractivity contribution < 1.29 is 4.42 Å². The second kappa shape index (κ2) is 11.9. The Kier molecular flexibility index (Phi) is 6.73. The maximum absolute atomic E-state index is 6.71. The van der Waals surface area contributed by atoms with Crippen LogP contribution in [0.25, 0.3) is 87.2 Å². The molecular weight excluding hydrogens is 783 g/mol. The molecule has 3 heterocycles. The average Bonchev–Trinajstić information content (AvgIpc) is 3.79. The number of furan rings is 1. The van der Waals surface area contributed by atoms with E-state index in [-0.39, 0.29) is 9.84 Å². The first-order chi connectivity index (χ1) is 27.2. The highest BCUT2D eigenvalue weighted by Gasteiger charge is 2.35. The van der Waals surface area contributed by atoms with Crippen molar-refractivity contribution in [2.24, 2.45) is 4.99 Å². The van der Waals surface area contributed by atoms with Gasteiger partial charge in [-0.2, -0.15) is 0 Å². The minimum absolute atomic E-state index is 0.0283. The molecule has 11 aromatic rings. The number of fused-ring (bicyclic) bond motifs is 12. The van der Waals surface area contributed by atoms with Gasteiger partial charge in [0.05, 0.1) is 20.6 Å². The molecule has 3 nitrogen and oxygen atoms in total. The van der Waals surface area contributed by atoms with Gasteiger partial charge in [-0.25, -0.2) is 4.99 Å². The number of aromatic nitrogens is 1. The van der Waals surface area contributed by atoms with Crippen LogP contribution < -0.4 is 0 Å². The van der Waals surface area contributed by atoms with Crippen LogP contribution in [0.1, 0.15) is 17.0 Å². The molecule has 9 aromatic carbocycles. The number of benzene rings is 9. The van der Waals surface area contributed by atoms with E-state index in [1.54, 1.807) is 0 Å². The molecule has 0 bridgehead atoms. The van der Waals surface area contributed by atoms with E-state index in [1.165, 1.54) is 65.5 Å². The van der Waals surface area contributed by atoms with E-state index < -0.39 is 0 Å². The molecule has 0 amide bonds. The zero-order valence-electron chi connectivity index (χ0n) is 29.6. The van der Waals surface area contributed by atoms with Gasteiger partial charge >= 0.3 is 0 Å². The van der Waals surface area contributed by atoms with Crippen molar-refractivity contribution in [3.63, 3.8) is 0 Å². The van der Waals surface area contributed by atoms with Crippen molar-refractivity contribution >= 4 is 110 Å². The van der Waals surface area contributed by atoms with Crippen molar-refractivity contribution in [1.29, 1.82) is 0 Å². The Morgan fingerprint density at radius 2 is 1.15 bits per heavy atom. The van der Waals surface area contributed by atoms with Gasteiger partial charge in [0.2, 0.25) is 0 Å². The number of alkyl halides is 1. The molecule has 1 aliphatic heterocycles. The van der Waals surface area contributed by atoms with E-state index in [0.29, 0.717) is 0 Å². The molecule has 0 radical (unpaired) electrons. The maximum atomic E-state index is 6.71. The van der Waals surface area contributed by atoms with Gasteiger partial charge in [-0.15, -0.1) is 0 Å². The van der Waals surface area contributed by atoms with Gasteiger partial charge in [-0.3, -0.25) is 4.57 Å². The number of hydrogen-bond acceptors (Lipinski definition) is 2. The lowest BCUT2D eigenvalue weighted by atomic mass is 9.85. The van der Waals surface area contributed by atoms with E-state index in [1.807, 2.05) is 0 Å². The molecule has 2 aromatic heterocycles. The third-order valence-electron chi connectivity index (χ3n) is 11.8. The van der Waals surface area contributed by atoms with Gasteiger partial charge in [-0.1, -0.05) is 156 Å². The molecule has 0 spiro atoms. The molecule has 12 rings (SSSR count). The van der Waals surface area contributed by atoms with Crippen molar-refractivity contribution in [2.75, 3.05) is 0 Å². The van der Waals surface area contributed by atoms with E-state index in [0.717, 1.165) is 44.4 Å². The van der Waals surface area contributed by atoms with Crippen LogP contribution in [-0.2, 0) is 0 Å². The summed E-state index contributed by atoms with van der Waals surface area (Å²) in [5.41, 5.74) is 10.1. The van der Waals surface area contributed by atoms with Crippen molar-refractivity contribution in [2.45, 2.75) is 9.84 Å². The molecule has 55 heavy (non-hydrogen) atoms. The molecule has 0 aliphatic carbocycles. The van der Waals surface area contributed by atoms with Gasteiger partial charge in [-0.05, 0) is 91.6 Å². The Morgan fingerprint density at radius 1 is 0.491 bits per heavy atom. The van der Waals surface area contributed by atoms with Crippen LogP contribution in [0.4, 0.5) is 5.69 Å². The topological polar surface area (TPSA) is 30.4 Å². The molecule has 0 fully saturated rings. The Balaban J connectivity index is 1.07. The summed E-state index contributed by atoms with van der Waals surface area (Å²) in [4.78, 5) is 5.52. The molecule has 2 unspecified atom stereocenters. The van der Waals surface area contributed by atoms with Gasteiger partial charge < -0.3 is 4.42 Å². The van der Waals surface area contributed by atoms with Gasteiger partial charge in [0.25, 0.3) is 0 Å². The van der Waals surface area contributed by atoms with Crippen molar-refractivity contribution in [3.05, 3.63) is 187 Å². The first-order valence-corrected chi connectivity index (χ1v) is 20.0. The van der Waals surface area contributed by atoms with Crippen molar-refractivity contribution in [1.82, 2.24) is 4.57 Å². The SMILES string of the molecule is IC1C(n2c3ccc(-c4ccc5ccccc5c4)cc3c3c4ccccc4ccc32)=Nc2ccccc2C1c1ccc2c(c1)oc1c3ccccc3ccc21. The molecule has 0 N–H and O–H groups in total. The van der Waals surface area contributed by atoms with E-state index in [2.05, 4.69) is 203 Å². The number of rotatable bonds is 2. The second-order valence-electron chi connectivity index (χ2n) is 14.7. The fourth-order valence-corrected chi connectivity index (χ4v) is 10.4. The van der Waals surface area contributed by atoms with E-state index in [4.69, 9.17) is 9.41 Å². The zero-order chi connectivity index (χ0) is 36.2. The molecule has 0 saturated carbocycles. The Morgan fingerprint density at radius 3 is 2.04 bits per heavy atom. The van der Waals surface area contributed by atoms with Crippen LogP contribution in [0.15, 0.2) is 185 Å². The standard InChI is InChI=1S/C51H31IN2O/c52-49-47(36-20-23-39-40-24-19-32-11-4-6-14-38(32)50(40)55-46(39)29-36)41-15-7-8-16-43(41)53-51(49)54-44-25-22-35(34-18-17-30-9-1-2-12-33(30)27-34)28-42(44)48-37-13-5-3-10-31(37)21-26-45(48)54/h1-29,47,49H. The summed E-state index contributed by atoms with van der Waals surface area (Å²) in [5.74, 6) is 1.09. The van der Waals surface area contributed by atoms with Crippen LogP contribution >= 0.6 is 22.6 Å². The highest BCUT2D eigenvalue weighted by Crippen LogP contribution is 2.46. The van der Waals surface area contributed by atoms with Crippen LogP contribution in [-0.4, -0.2) is 14.3 Å². The first kappa shape index (κ1) is 31.1. The van der Waals surface area contributed by atoms with Gasteiger partial charge in [0.1, 0.15) is 17.0 Å². The Hall–Kier alpha value is -6.24. The largest absolute Gasteiger partial charge is 0.455 e. The molecule has 258 valence electrons. The fourth-order valence-electron chi connectivity index (χ4n) is 9.17. The number of nitrogens with zero attached hydrogens (tertiary/aromatic N) is 2. The van der Waals surface area contributed by atoms with Gasteiger partial charge in [0, 0.05) is 32.8 Å². The lowest BCUT2D eigenvalue weighted by Gasteiger charge is -2.31. The van der Waals surface area contributed by atoms with Crippen LogP contribution in [0.2, 0.25) is 0 Å². The first-order valence-electron chi connectivity index (χ1n) is 18.8. The van der Waals surface area contributed by atoms with Crippen LogP contribution in [0.3, 0.4) is 0 Å². The number of para-hydroxylation sites is 1. The normalized spacial score (nSPS) is 15.8. The monoisotopic (exact) mass is 814 g/mol. The smallest absolute Gasteiger partial charge is 0.143 e. The lowest BCUT2D eigenvalue weighted by Crippen LogP contribution is -2.31. The molecular formula is C51H31IN2O. The summed E-state index contributed by atoms with van der Waals surface area (Å²) in [5, 5.41) is 12.1. The van der Waals surface area contributed by atoms with Crippen LogP contribution in [0.5, 0.6) is 0 Å². The van der Waals surface area contributed by atoms with Gasteiger partial charge in [0.15, 0.2) is 0 Å². The highest BCUT2D eigenvalue weighted by molar-refractivity contribution is 14.1. The Labute approximate surface area is 330 Å². The maximum Gasteiger partial charge on any atom is 0.143 e. The predicted octanol–water partition coefficient (Wildman–Crippen LogP) is 14.3. The molecule has 4 heteroatoms. The quantitative estimate of drug-likeness (QED) is 0.126. The third-order valence-corrected chi connectivity index (χ3v) is 13.0. The van der Waals surface area contributed by atoms with Crippen LogP contribution in [0, 0.1) is 0 Å². The third kappa shape index (κ3) is 4.64. The average molecular weight is 815 g/mol. The van der Waals surface area contributed by atoms with E-state index >= 15 is 0 Å². The Bertz CT molecular complexity index is 3420. The summed E-state index contributed by atoms with van der Waals surface area (Å²) in [6, 6.07) is 64.0. The summed E-state index contributed by atoms with van der Waals surface area (Å²) >= 11 is 2.66. The minimum Gasteiger partial charge on any atom is -0.455 e. The lowest BCUT2D eigenvalue weighted by molar-refractivity contribution is 0.671. The van der Waals surface area contributed by atoms with Crippen molar-refractivity contribution in [3.8, 4) is 11.1 Å².